The molecule has 5 heteroatoms. The summed E-state index contributed by atoms with van der Waals surface area (Å²) in [6.07, 6.45) is 7.00. The third-order valence-electron chi connectivity index (χ3n) is 6.75. The van der Waals surface area contributed by atoms with Gasteiger partial charge in [-0.05, 0) is 61.9 Å². The zero-order chi connectivity index (χ0) is 21.8. The molecule has 2 aromatic carbocycles. The average Bonchev–Trinajstić information content (AvgIpc) is 2.78. The summed E-state index contributed by atoms with van der Waals surface area (Å²) in [6, 6.07) is 18.8. The fraction of sp³-hybridized carbons (Fsp3) is 0.407. The highest BCUT2D eigenvalue weighted by molar-refractivity contribution is 5.93. The molecular formula is C27H32N4O. The van der Waals surface area contributed by atoms with Crippen LogP contribution in [0.25, 0.3) is 10.9 Å². The van der Waals surface area contributed by atoms with Crippen molar-refractivity contribution in [2.24, 2.45) is 5.92 Å². The Morgan fingerprint density at radius 1 is 0.938 bits per heavy atom. The van der Waals surface area contributed by atoms with E-state index in [1.807, 2.05) is 12.1 Å². The molecule has 1 aliphatic carbocycles. The van der Waals surface area contributed by atoms with E-state index >= 15 is 0 Å². The lowest BCUT2D eigenvalue weighted by molar-refractivity contribution is -0.122. The number of benzene rings is 2. The number of hydrogen-bond donors (Lipinski definition) is 2. The molecule has 0 unspecified atom stereocenters. The highest BCUT2D eigenvalue weighted by Gasteiger charge is 2.25. The topological polar surface area (TPSA) is 57.3 Å². The minimum Gasteiger partial charge on any atom is -0.356 e. The molecule has 5 nitrogen and oxygen atoms in total. The maximum Gasteiger partial charge on any atom is 0.227 e. The first kappa shape index (κ1) is 21.0. The number of anilines is 2. The first-order valence-corrected chi connectivity index (χ1v) is 12.0. The normalized spacial score (nSPS) is 16.7. The Hall–Kier alpha value is -2.92. The predicted molar refractivity (Wildman–Crippen MR) is 131 cm³/mol. The molecule has 2 aliphatic rings. The Bertz CT molecular complexity index is 1090. The summed E-state index contributed by atoms with van der Waals surface area (Å²) < 4.78 is 0. The summed E-state index contributed by atoms with van der Waals surface area (Å²) >= 11 is 0. The van der Waals surface area contributed by atoms with Gasteiger partial charge < -0.3 is 15.5 Å². The highest BCUT2D eigenvalue weighted by atomic mass is 16.1. The SMILES string of the molecule is O=C(Nc1cccc(CNCc2cc3ccccc3nc2N2CCCCC2)c1)C1CCC1. The van der Waals surface area contributed by atoms with Gasteiger partial charge in [0.2, 0.25) is 5.91 Å². The lowest BCUT2D eigenvalue weighted by Gasteiger charge is -2.30. The first-order chi connectivity index (χ1) is 15.8. The molecule has 3 aromatic rings. The van der Waals surface area contributed by atoms with E-state index in [1.165, 1.54) is 42.2 Å². The largest absolute Gasteiger partial charge is 0.356 e. The Balaban J connectivity index is 1.27. The zero-order valence-electron chi connectivity index (χ0n) is 18.6. The number of carbonyl (C=O) groups excluding carboxylic acids is 1. The van der Waals surface area contributed by atoms with Crippen molar-refractivity contribution < 1.29 is 4.79 Å². The molecule has 2 fully saturated rings. The number of nitrogens with one attached hydrogen (secondary N) is 2. The number of aromatic nitrogens is 1. The van der Waals surface area contributed by atoms with Crippen LogP contribution in [-0.2, 0) is 17.9 Å². The Morgan fingerprint density at radius 3 is 2.59 bits per heavy atom. The van der Waals surface area contributed by atoms with Crippen molar-refractivity contribution >= 4 is 28.3 Å². The molecular weight excluding hydrogens is 396 g/mol. The zero-order valence-corrected chi connectivity index (χ0v) is 18.6. The number of carbonyl (C=O) groups is 1. The molecule has 5 rings (SSSR count). The molecule has 1 amide bonds. The van der Waals surface area contributed by atoms with Crippen molar-refractivity contribution in [3.8, 4) is 0 Å². The van der Waals surface area contributed by atoms with Crippen molar-refractivity contribution in [1.82, 2.24) is 10.3 Å². The summed E-state index contributed by atoms with van der Waals surface area (Å²) in [5, 5.41) is 7.88. The van der Waals surface area contributed by atoms with Gasteiger partial charge in [0.05, 0.1) is 5.52 Å². The third kappa shape index (κ3) is 4.78. The van der Waals surface area contributed by atoms with Crippen molar-refractivity contribution in [2.45, 2.75) is 51.6 Å². The molecule has 0 spiro atoms. The number of nitrogens with zero attached hydrogens (tertiary/aromatic N) is 2. The van der Waals surface area contributed by atoms with Crippen molar-refractivity contribution in [2.75, 3.05) is 23.3 Å². The standard InChI is InChI=1S/C27H32N4O/c32-27(21-10-7-11-21)29-24-12-6-8-20(16-24)18-28-19-23-17-22-9-2-3-13-25(22)30-26(23)31-14-4-1-5-15-31/h2-3,6,8-9,12-13,16-17,21,28H,1,4-5,7,10-11,14-15,18-19H2,(H,29,32). The molecule has 2 heterocycles. The first-order valence-electron chi connectivity index (χ1n) is 12.0. The van der Waals surface area contributed by atoms with Gasteiger partial charge >= 0.3 is 0 Å². The number of rotatable bonds is 7. The maximum absolute atomic E-state index is 12.3. The van der Waals surface area contributed by atoms with Crippen LogP contribution in [0.3, 0.4) is 0 Å². The van der Waals surface area contributed by atoms with Crippen LogP contribution in [0.15, 0.2) is 54.6 Å². The molecule has 0 bridgehead atoms. The summed E-state index contributed by atoms with van der Waals surface area (Å²) in [5.74, 6) is 1.48. The lowest BCUT2D eigenvalue weighted by atomic mass is 9.85. The fourth-order valence-electron chi connectivity index (χ4n) is 4.67. The molecule has 1 saturated heterocycles. The maximum atomic E-state index is 12.3. The number of pyridine rings is 1. The predicted octanol–water partition coefficient (Wildman–Crippen LogP) is 5.25. The second-order valence-corrected chi connectivity index (χ2v) is 9.13. The summed E-state index contributed by atoms with van der Waals surface area (Å²) in [4.78, 5) is 19.7. The monoisotopic (exact) mass is 428 g/mol. The van der Waals surface area contributed by atoms with Gasteiger partial charge in [-0.15, -0.1) is 0 Å². The second kappa shape index (κ2) is 9.70. The third-order valence-corrected chi connectivity index (χ3v) is 6.75. The van der Waals surface area contributed by atoms with Crippen LogP contribution < -0.4 is 15.5 Å². The van der Waals surface area contributed by atoms with Crippen molar-refractivity contribution in [1.29, 1.82) is 0 Å². The van der Waals surface area contributed by atoms with Gasteiger partial charge in [0.15, 0.2) is 0 Å². The van der Waals surface area contributed by atoms with Crippen LogP contribution in [0.4, 0.5) is 11.5 Å². The van der Waals surface area contributed by atoms with E-state index in [4.69, 9.17) is 4.98 Å². The lowest BCUT2D eigenvalue weighted by Crippen LogP contribution is -2.31. The van der Waals surface area contributed by atoms with Gasteiger partial charge in [-0.25, -0.2) is 4.98 Å². The minimum atomic E-state index is 0.162. The quantitative estimate of drug-likeness (QED) is 0.539. The minimum absolute atomic E-state index is 0.162. The van der Waals surface area contributed by atoms with Crippen LogP contribution in [0.5, 0.6) is 0 Å². The van der Waals surface area contributed by atoms with Gasteiger partial charge in [-0.3, -0.25) is 4.79 Å². The van der Waals surface area contributed by atoms with E-state index in [1.54, 1.807) is 0 Å². The molecule has 1 saturated carbocycles. The van der Waals surface area contributed by atoms with Gasteiger partial charge in [0.25, 0.3) is 0 Å². The Labute approximate surface area is 190 Å². The number of fused-ring (bicyclic) bond motifs is 1. The van der Waals surface area contributed by atoms with E-state index in [2.05, 4.69) is 58.0 Å². The molecule has 1 aromatic heterocycles. The van der Waals surface area contributed by atoms with E-state index in [-0.39, 0.29) is 11.8 Å². The van der Waals surface area contributed by atoms with Crippen LogP contribution >= 0.6 is 0 Å². The summed E-state index contributed by atoms with van der Waals surface area (Å²) in [6.45, 7) is 3.68. The molecule has 166 valence electrons. The van der Waals surface area contributed by atoms with Gasteiger partial charge in [-0.1, -0.05) is 36.8 Å². The van der Waals surface area contributed by atoms with Crippen molar-refractivity contribution in [3.05, 3.63) is 65.7 Å². The van der Waals surface area contributed by atoms with Gasteiger partial charge in [-0.2, -0.15) is 0 Å². The van der Waals surface area contributed by atoms with E-state index < -0.39 is 0 Å². The summed E-state index contributed by atoms with van der Waals surface area (Å²) in [7, 11) is 0. The fourth-order valence-corrected chi connectivity index (χ4v) is 4.67. The van der Waals surface area contributed by atoms with Gasteiger partial charge in [0.1, 0.15) is 5.82 Å². The smallest absolute Gasteiger partial charge is 0.227 e. The Morgan fingerprint density at radius 2 is 1.78 bits per heavy atom. The molecule has 32 heavy (non-hydrogen) atoms. The molecule has 0 radical (unpaired) electrons. The van der Waals surface area contributed by atoms with Gasteiger partial charge in [0, 0.05) is 48.7 Å². The molecule has 1 aliphatic heterocycles. The van der Waals surface area contributed by atoms with Crippen LogP contribution in [-0.4, -0.2) is 24.0 Å². The van der Waals surface area contributed by atoms with Crippen LogP contribution in [0, 0.1) is 5.92 Å². The second-order valence-electron chi connectivity index (χ2n) is 9.13. The van der Waals surface area contributed by atoms with Crippen LogP contribution in [0.1, 0.15) is 49.7 Å². The van der Waals surface area contributed by atoms with Crippen LogP contribution in [0.2, 0.25) is 0 Å². The van der Waals surface area contributed by atoms with E-state index in [0.717, 1.165) is 56.0 Å². The molecule has 0 atom stereocenters. The average molecular weight is 429 g/mol. The van der Waals surface area contributed by atoms with E-state index in [0.29, 0.717) is 0 Å². The summed E-state index contributed by atoms with van der Waals surface area (Å²) in [5.41, 5.74) is 4.37. The Kier molecular flexibility index (Phi) is 6.35. The van der Waals surface area contributed by atoms with Crippen molar-refractivity contribution in [3.63, 3.8) is 0 Å². The highest BCUT2D eigenvalue weighted by Crippen LogP contribution is 2.28. The molecule has 2 N–H and O–H groups in total. The van der Waals surface area contributed by atoms with E-state index in [9.17, 15) is 4.79 Å². The number of piperidine rings is 1. The number of hydrogen-bond acceptors (Lipinski definition) is 4. The number of para-hydroxylation sites is 1. The number of amides is 1.